The summed E-state index contributed by atoms with van der Waals surface area (Å²) in [6, 6.07) is 0. The Balaban J connectivity index is 2.02. The van der Waals surface area contributed by atoms with Gasteiger partial charge in [0.1, 0.15) is 18.1 Å². The van der Waals surface area contributed by atoms with Crippen LogP contribution < -0.4 is 11.4 Å². The van der Waals surface area contributed by atoms with Crippen molar-refractivity contribution in [3.05, 3.63) is 22.2 Å². The second kappa shape index (κ2) is 8.63. The molecule has 2 rings (SSSR count). The van der Waals surface area contributed by atoms with Gasteiger partial charge < -0.3 is 35.2 Å². The average molecular weight is 481 g/mol. The third-order valence-electron chi connectivity index (χ3n) is 3.51. The normalized spacial score (nSPS) is 26.8. The van der Waals surface area contributed by atoms with E-state index in [1.807, 2.05) is 0 Å². The van der Waals surface area contributed by atoms with Gasteiger partial charge in [-0.3, -0.25) is 9.09 Å². The van der Waals surface area contributed by atoms with Crippen molar-refractivity contribution in [2.24, 2.45) is 0 Å². The predicted octanol–water partition coefficient (Wildman–Crippen LogP) is -0.874. The number of ether oxygens (including phenoxy) is 1. The Kier molecular flexibility index (Phi) is 7.23. The monoisotopic (exact) mass is 481 g/mol. The summed E-state index contributed by atoms with van der Waals surface area (Å²) >= 11 is 0. The Bertz CT molecular complexity index is 960. The summed E-state index contributed by atoms with van der Waals surface area (Å²) in [5.41, 5.74) is 5.21. The van der Waals surface area contributed by atoms with Crippen molar-refractivity contribution in [3.63, 3.8) is 0 Å². The van der Waals surface area contributed by atoms with E-state index in [9.17, 15) is 28.5 Å². The molecule has 0 saturated carbocycles. The van der Waals surface area contributed by atoms with Gasteiger partial charge in [0, 0.05) is 18.2 Å². The molecule has 1 saturated heterocycles. The Hall–Kier alpha value is -0.990. The summed E-state index contributed by atoms with van der Waals surface area (Å²) in [7, 11) is -16.5. The number of hydrogen-bond donors (Lipinski definition) is 6. The van der Waals surface area contributed by atoms with E-state index in [2.05, 4.69) is 18.1 Å². The molecule has 19 heteroatoms. The maximum atomic E-state index is 11.9. The van der Waals surface area contributed by atoms with Gasteiger partial charge in [-0.25, -0.2) is 18.5 Å². The SMILES string of the molecule is Cc1cn([C@H]2C[C@H](O)[C@@H](COP(=O)(O)OP(=O)(O)OP(=O)(O)O)O2)c(=O)nc1N. The van der Waals surface area contributed by atoms with Gasteiger partial charge in [-0.15, -0.1) is 0 Å². The molecule has 0 aliphatic carbocycles. The fraction of sp³-hybridized carbons (Fsp3) is 0.600. The maximum absolute atomic E-state index is 11.9. The van der Waals surface area contributed by atoms with Crippen LogP contribution in [0.5, 0.6) is 0 Å². The van der Waals surface area contributed by atoms with Crippen molar-refractivity contribution in [2.45, 2.75) is 31.8 Å². The number of aryl methyl sites for hydroxylation is 1. The van der Waals surface area contributed by atoms with E-state index in [1.165, 1.54) is 6.20 Å². The Morgan fingerprint density at radius 2 is 1.86 bits per heavy atom. The molecule has 2 unspecified atom stereocenters. The largest absolute Gasteiger partial charge is 0.490 e. The lowest BCUT2D eigenvalue weighted by molar-refractivity contribution is -0.0449. The first-order chi connectivity index (χ1) is 13.1. The molecule has 16 nitrogen and oxygen atoms in total. The van der Waals surface area contributed by atoms with Gasteiger partial charge in [0.2, 0.25) is 0 Å². The number of nitrogens with zero attached hydrogens (tertiary/aromatic N) is 2. The number of aromatic nitrogens is 2. The van der Waals surface area contributed by atoms with E-state index in [4.69, 9.17) is 25.2 Å². The number of phosphoric acid groups is 3. The van der Waals surface area contributed by atoms with E-state index < -0.39 is 54.2 Å². The second-order valence-electron chi connectivity index (χ2n) is 5.82. The minimum Gasteiger partial charge on any atom is -0.390 e. The molecule has 166 valence electrons. The highest BCUT2D eigenvalue weighted by Crippen LogP contribution is 2.66. The molecule has 5 atom stereocenters. The van der Waals surface area contributed by atoms with E-state index in [1.54, 1.807) is 6.92 Å². The summed E-state index contributed by atoms with van der Waals surface area (Å²) in [5, 5.41) is 10.0. The Labute approximate surface area is 162 Å². The molecule has 1 aliphatic heterocycles. The summed E-state index contributed by atoms with van der Waals surface area (Å²) in [4.78, 5) is 50.9. The zero-order valence-corrected chi connectivity index (χ0v) is 17.2. The number of hydrogen-bond acceptors (Lipinski definition) is 11. The van der Waals surface area contributed by atoms with Gasteiger partial charge in [-0.2, -0.15) is 13.6 Å². The zero-order valence-electron chi connectivity index (χ0n) is 14.5. The maximum Gasteiger partial charge on any atom is 0.490 e. The topological polar surface area (TPSA) is 250 Å². The second-order valence-corrected chi connectivity index (χ2v) is 10.2. The van der Waals surface area contributed by atoms with Crippen molar-refractivity contribution in [3.8, 4) is 0 Å². The molecule has 1 fully saturated rings. The number of nitrogens with two attached hydrogens (primary N) is 1. The molecule has 1 aliphatic rings. The van der Waals surface area contributed by atoms with E-state index in [0.717, 1.165) is 4.57 Å². The molecule has 2 heterocycles. The number of anilines is 1. The lowest BCUT2D eigenvalue weighted by Gasteiger charge is -2.19. The molecule has 29 heavy (non-hydrogen) atoms. The highest BCUT2D eigenvalue weighted by atomic mass is 31.3. The van der Waals surface area contributed by atoms with Crippen molar-refractivity contribution < 1.29 is 56.3 Å². The fourth-order valence-corrected chi connectivity index (χ4v) is 5.32. The Morgan fingerprint density at radius 3 is 2.45 bits per heavy atom. The smallest absolute Gasteiger partial charge is 0.390 e. The van der Waals surface area contributed by atoms with Crippen LogP contribution >= 0.6 is 23.5 Å². The molecule has 7 N–H and O–H groups in total. The van der Waals surface area contributed by atoms with Crippen LogP contribution in [0.4, 0.5) is 5.82 Å². The molecule has 0 aromatic carbocycles. The van der Waals surface area contributed by atoms with Gasteiger partial charge in [0.05, 0.1) is 12.7 Å². The first kappa shape index (κ1) is 24.3. The molecule has 0 spiro atoms. The third-order valence-corrected chi connectivity index (χ3v) is 7.31. The minimum atomic E-state index is -5.66. The van der Waals surface area contributed by atoms with E-state index in [-0.39, 0.29) is 12.2 Å². The number of phosphoric ester groups is 1. The van der Waals surface area contributed by atoms with Crippen LogP contribution in [-0.2, 0) is 31.6 Å². The van der Waals surface area contributed by atoms with Gasteiger partial charge in [0.15, 0.2) is 0 Å². The summed E-state index contributed by atoms with van der Waals surface area (Å²) < 4.78 is 51.5. The van der Waals surface area contributed by atoms with E-state index in [0.29, 0.717) is 5.56 Å². The summed E-state index contributed by atoms with van der Waals surface area (Å²) in [5.74, 6) is 0.00834. The number of rotatable bonds is 8. The highest BCUT2D eigenvalue weighted by Gasteiger charge is 2.42. The lowest BCUT2D eigenvalue weighted by Crippen LogP contribution is -2.29. The molecule has 0 radical (unpaired) electrons. The molecule has 0 bridgehead atoms. The Morgan fingerprint density at radius 1 is 1.24 bits per heavy atom. The van der Waals surface area contributed by atoms with E-state index >= 15 is 0 Å². The quantitative estimate of drug-likeness (QED) is 0.247. The molecular weight excluding hydrogens is 463 g/mol. The van der Waals surface area contributed by atoms with Gasteiger partial charge in [-0.05, 0) is 6.92 Å². The number of nitrogen functional groups attached to an aromatic ring is 1. The lowest BCUT2D eigenvalue weighted by atomic mass is 10.2. The van der Waals surface area contributed by atoms with Gasteiger partial charge >= 0.3 is 29.2 Å². The number of aliphatic hydroxyl groups excluding tert-OH is 1. The highest BCUT2D eigenvalue weighted by molar-refractivity contribution is 7.66. The standard InChI is InChI=1S/C10H18N3O13P3/c1-5-3-13(10(15)12-9(5)11)8-2-6(14)7(24-8)4-23-28(19,20)26-29(21,22)25-27(16,17)18/h3,6-8,14H,2,4H2,1H3,(H,19,20)(H,21,22)(H2,11,12,15)(H2,16,17,18)/t6-,7+,8+/m0/s1. The summed E-state index contributed by atoms with van der Waals surface area (Å²) in [6.07, 6.45) is -2.35. The van der Waals surface area contributed by atoms with Crippen LogP contribution in [0.3, 0.4) is 0 Å². The number of aliphatic hydroxyl groups is 1. The van der Waals surface area contributed by atoms with Crippen LogP contribution in [0.2, 0.25) is 0 Å². The van der Waals surface area contributed by atoms with Crippen LogP contribution in [-0.4, -0.2) is 53.0 Å². The van der Waals surface area contributed by atoms with Crippen LogP contribution in [0.1, 0.15) is 18.2 Å². The summed E-state index contributed by atoms with van der Waals surface area (Å²) in [6.45, 7) is 0.730. The fourth-order valence-electron chi connectivity index (χ4n) is 2.29. The van der Waals surface area contributed by atoms with Crippen molar-refractivity contribution in [2.75, 3.05) is 12.3 Å². The van der Waals surface area contributed by atoms with Crippen molar-refractivity contribution in [1.82, 2.24) is 9.55 Å². The van der Waals surface area contributed by atoms with Crippen LogP contribution in [0, 0.1) is 6.92 Å². The van der Waals surface area contributed by atoms with Crippen LogP contribution in [0.25, 0.3) is 0 Å². The predicted molar refractivity (Wildman–Crippen MR) is 92.0 cm³/mol. The molecule has 0 amide bonds. The first-order valence-corrected chi connectivity index (χ1v) is 12.1. The molecule has 1 aromatic heterocycles. The van der Waals surface area contributed by atoms with Crippen LogP contribution in [0.15, 0.2) is 11.0 Å². The zero-order chi connectivity index (χ0) is 22.2. The molecular formula is C10H18N3O13P3. The minimum absolute atomic E-state index is 0.00834. The third kappa shape index (κ3) is 7.03. The first-order valence-electron chi connectivity index (χ1n) is 7.56. The van der Waals surface area contributed by atoms with Crippen molar-refractivity contribution >= 4 is 29.3 Å². The molecule has 1 aromatic rings. The van der Waals surface area contributed by atoms with Gasteiger partial charge in [-0.1, -0.05) is 0 Å². The van der Waals surface area contributed by atoms with Crippen molar-refractivity contribution in [1.29, 1.82) is 0 Å². The van der Waals surface area contributed by atoms with Gasteiger partial charge in [0.25, 0.3) is 0 Å². The average Bonchev–Trinajstić information content (AvgIpc) is 2.86.